The van der Waals surface area contributed by atoms with E-state index in [0.717, 1.165) is 35.1 Å². The van der Waals surface area contributed by atoms with Gasteiger partial charge in [-0.1, -0.05) is 55.5 Å². The minimum atomic E-state index is -0.877. The summed E-state index contributed by atoms with van der Waals surface area (Å²) in [6.07, 6.45) is 1.77. The molecule has 2 N–H and O–H groups in total. The third-order valence-electron chi connectivity index (χ3n) is 7.56. The van der Waals surface area contributed by atoms with Crippen LogP contribution in [0.5, 0.6) is 0 Å². The predicted octanol–water partition coefficient (Wildman–Crippen LogP) is 3.87. The quantitative estimate of drug-likeness (QED) is 0.679. The van der Waals surface area contributed by atoms with E-state index in [2.05, 4.69) is 29.6 Å². The first-order valence-electron chi connectivity index (χ1n) is 12.1. The van der Waals surface area contributed by atoms with Gasteiger partial charge in [0, 0.05) is 19.0 Å². The van der Waals surface area contributed by atoms with Crippen LogP contribution in [0.25, 0.3) is 11.1 Å². The largest absolute Gasteiger partial charge is 0.481 e. The van der Waals surface area contributed by atoms with Crippen molar-refractivity contribution in [3.05, 3.63) is 59.7 Å². The van der Waals surface area contributed by atoms with Crippen molar-refractivity contribution >= 4 is 18.0 Å². The lowest BCUT2D eigenvalue weighted by Gasteiger charge is -2.36. The maximum atomic E-state index is 13.2. The summed E-state index contributed by atoms with van der Waals surface area (Å²) < 4.78 is 5.65. The van der Waals surface area contributed by atoms with E-state index in [1.54, 1.807) is 4.90 Å². The zero-order valence-electron chi connectivity index (χ0n) is 19.3. The first kappa shape index (κ1) is 22.4. The van der Waals surface area contributed by atoms with Crippen LogP contribution < -0.4 is 5.32 Å². The Morgan fingerprint density at radius 3 is 2.24 bits per heavy atom. The number of rotatable bonds is 6. The number of alkyl carbamates (subject to hydrolysis) is 1. The molecule has 0 spiro atoms. The number of amides is 2. The third-order valence-corrected chi connectivity index (χ3v) is 7.56. The molecule has 2 aliphatic carbocycles. The number of hydrogen-bond acceptors (Lipinski definition) is 4. The van der Waals surface area contributed by atoms with Gasteiger partial charge in [-0.05, 0) is 53.4 Å². The highest BCUT2D eigenvalue weighted by molar-refractivity contribution is 5.87. The summed E-state index contributed by atoms with van der Waals surface area (Å²) in [5, 5.41) is 12.3. The van der Waals surface area contributed by atoms with E-state index in [1.165, 1.54) is 0 Å². The molecule has 2 fully saturated rings. The number of benzene rings is 2. The molecule has 1 heterocycles. The van der Waals surface area contributed by atoms with Crippen molar-refractivity contribution in [2.24, 2.45) is 17.8 Å². The number of fused-ring (bicyclic) bond motifs is 3. The molecule has 7 nitrogen and oxygen atoms in total. The van der Waals surface area contributed by atoms with Crippen LogP contribution in [-0.4, -0.2) is 53.7 Å². The van der Waals surface area contributed by atoms with Gasteiger partial charge in [0.1, 0.15) is 12.6 Å². The fourth-order valence-corrected chi connectivity index (χ4v) is 5.37. The van der Waals surface area contributed by atoms with Crippen molar-refractivity contribution in [2.75, 3.05) is 19.7 Å². The van der Waals surface area contributed by atoms with Crippen LogP contribution in [0.1, 0.15) is 43.2 Å². The number of nitrogens with one attached hydrogen (secondary N) is 1. The zero-order chi connectivity index (χ0) is 23.8. The van der Waals surface area contributed by atoms with E-state index >= 15 is 0 Å². The molecule has 2 aromatic carbocycles. The number of carboxylic acid groups (broad SMARTS) is 1. The summed E-state index contributed by atoms with van der Waals surface area (Å²) >= 11 is 0. The first-order chi connectivity index (χ1) is 16.4. The van der Waals surface area contributed by atoms with Crippen LogP contribution >= 0.6 is 0 Å². The average molecular weight is 463 g/mol. The molecular formula is C27H30N2O5. The van der Waals surface area contributed by atoms with Crippen molar-refractivity contribution in [3.8, 4) is 11.1 Å². The van der Waals surface area contributed by atoms with Gasteiger partial charge in [0.15, 0.2) is 0 Å². The van der Waals surface area contributed by atoms with Gasteiger partial charge in [0.25, 0.3) is 0 Å². The monoisotopic (exact) mass is 462 g/mol. The molecule has 3 aliphatic rings. The Labute approximate surface area is 199 Å². The molecule has 178 valence electrons. The second kappa shape index (κ2) is 9.12. The van der Waals surface area contributed by atoms with Gasteiger partial charge in [-0.25, -0.2) is 4.79 Å². The number of aliphatic carboxylic acids is 1. The van der Waals surface area contributed by atoms with Gasteiger partial charge in [-0.3, -0.25) is 9.59 Å². The van der Waals surface area contributed by atoms with Gasteiger partial charge in [0.2, 0.25) is 5.91 Å². The highest BCUT2D eigenvalue weighted by atomic mass is 16.5. The lowest BCUT2D eigenvalue weighted by atomic mass is 9.87. The number of nitrogens with zero attached hydrogens (tertiary/aromatic N) is 1. The Balaban J connectivity index is 1.24. The predicted molar refractivity (Wildman–Crippen MR) is 126 cm³/mol. The molecule has 0 radical (unpaired) electrons. The first-order valence-corrected chi connectivity index (χ1v) is 12.1. The van der Waals surface area contributed by atoms with Crippen LogP contribution in [-0.2, 0) is 14.3 Å². The zero-order valence-corrected chi connectivity index (χ0v) is 19.3. The number of carbonyl (C=O) groups excluding carboxylic acids is 2. The van der Waals surface area contributed by atoms with E-state index in [0.29, 0.717) is 13.0 Å². The molecule has 0 bridgehead atoms. The van der Waals surface area contributed by atoms with E-state index in [-0.39, 0.29) is 36.8 Å². The fraction of sp³-hybridized carbons (Fsp3) is 0.444. The van der Waals surface area contributed by atoms with Gasteiger partial charge in [0.05, 0.1) is 5.92 Å². The molecule has 0 aromatic heterocycles. The Hall–Kier alpha value is -3.35. The standard InChI is InChI=1S/C27H30N2O5/c1-16-12-13-29(14-22(16)26(31)32)25(30)24(17-10-11-17)28-27(33)34-15-23-20-8-4-2-6-18(20)19-7-3-5-9-21(19)23/h2-9,16-17,22-24H,10-15H2,1H3,(H,28,33)(H,31,32). The van der Waals surface area contributed by atoms with Gasteiger partial charge in [-0.2, -0.15) is 0 Å². The molecular weight excluding hydrogens is 432 g/mol. The third kappa shape index (κ3) is 4.27. The summed E-state index contributed by atoms with van der Waals surface area (Å²) in [7, 11) is 0. The van der Waals surface area contributed by atoms with Crippen molar-refractivity contribution in [1.29, 1.82) is 0 Å². The van der Waals surface area contributed by atoms with Crippen molar-refractivity contribution < 1.29 is 24.2 Å². The van der Waals surface area contributed by atoms with Crippen LogP contribution in [0.3, 0.4) is 0 Å². The topological polar surface area (TPSA) is 95.9 Å². The van der Waals surface area contributed by atoms with E-state index in [4.69, 9.17) is 4.74 Å². The molecule has 1 saturated carbocycles. The number of hydrogen-bond donors (Lipinski definition) is 2. The molecule has 2 aromatic rings. The molecule has 3 unspecified atom stereocenters. The normalized spacial score (nSPS) is 22.4. The molecule has 3 atom stereocenters. The number of carbonyl (C=O) groups is 3. The number of likely N-dealkylation sites (tertiary alicyclic amines) is 1. The van der Waals surface area contributed by atoms with Crippen molar-refractivity contribution in [2.45, 2.75) is 38.1 Å². The highest BCUT2D eigenvalue weighted by Gasteiger charge is 2.42. The summed E-state index contributed by atoms with van der Waals surface area (Å²) in [6, 6.07) is 15.6. The highest BCUT2D eigenvalue weighted by Crippen LogP contribution is 2.44. The van der Waals surface area contributed by atoms with Gasteiger partial charge in [-0.15, -0.1) is 0 Å². The molecule has 2 amide bonds. The van der Waals surface area contributed by atoms with Crippen LogP contribution in [0.2, 0.25) is 0 Å². The van der Waals surface area contributed by atoms with E-state index in [1.807, 2.05) is 31.2 Å². The lowest BCUT2D eigenvalue weighted by Crippen LogP contribution is -2.54. The van der Waals surface area contributed by atoms with Gasteiger partial charge >= 0.3 is 12.1 Å². The summed E-state index contributed by atoms with van der Waals surface area (Å²) in [6.45, 7) is 2.80. The SMILES string of the molecule is CC1CCN(C(=O)C(NC(=O)OCC2c3ccccc3-c3ccccc32)C2CC2)CC1C(=O)O. The molecule has 5 rings (SSSR count). The Bertz CT molecular complexity index is 1070. The van der Waals surface area contributed by atoms with Crippen molar-refractivity contribution in [3.63, 3.8) is 0 Å². The minimum Gasteiger partial charge on any atom is -0.481 e. The molecule has 34 heavy (non-hydrogen) atoms. The maximum Gasteiger partial charge on any atom is 0.407 e. The number of piperidine rings is 1. The van der Waals surface area contributed by atoms with Crippen LogP contribution in [0.15, 0.2) is 48.5 Å². The lowest BCUT2D eigenvalue weighted by molar-refractivity contribution is -0.148. The minimum absolute atomic E-state index is 0.0241. The molecule has 7 heteroatoms. The van der Waals surface area contributed by atoms with Crippen molar-refractivity contribution in [1.82, 2.24) is 10.2 Å². The van der Waals surface area contributed by atoms with Crippen LogP contribution in [0.4, 0.5) is 4.79 Å². The van der Waals surface area contributed by atoms with Gasteiger partial charge < -0.3 is 20.1 Å². The summed E-state index contributed by atoms with van der Waals surface area (Å²) in [5.41, 5.74) is 4.58. The van der Waals surface area contributed by atoms with E-state index in [9.17, 15) is 19.5 Å². The van der Waals surface area contributed by atoms with Crippen LogP contribution in [0, 0.1) is 17.8 Å². The summed E-state index contributed by atoms with van der Waals surface area (Å²) in [5.74, 6) is -1.60. The Morgan fingerprint density at radius 2 is 1.65 bits per heavy atom. The second-order valence-electron chi connectivity index (χ2n) is 9.78. The number of carboxylic acids is 1. The maximum absolute atomic E-state index is 13.2. The number of ether oxygens (including phenoxy) is 1. The summed E-state index contributed by atoms with van der Waals surface area (Å²) in [4.78, 5) is 39.2. The Morgan fingerprint density at radius 1 is 1.03 bits per heavy atom. The average Bonchev–Trinajstić information content (AvgIpc) is 3.63. The van der Waals surface area contributed by atoms with E-state index < -0.39 is 24.0 Å². The smallest absolute Gasteiger partial charge is 0.407 e. The second-order valence-corrected chi connectivity index (χ2v) is 9.78. The Kier molecular flexibility index (Phi) is 6.02. The molecule has 1 aliphatic heterocycles. The molecule has 1 saturated heterocycles. The fourth-order valence-electron chi connectivity index (χ4n) is 5.37.